The van der Waals surface area contributed by atoms with E-state index in [0.29, 0.717) is 29.4 Å². The van der Waals surface area contributed by atoms with Crippen LogP contribution in [0.2, 0.25) is 5.02 Å². The zero-order valence-corrected chi connectivity index (χ0v) is 15.6. The number of fused-ring (bicyclic) bond motifs is 1. The highest BCUT2D eigenvalue weighted by atomic mass is 35.5. The minimum Gasteiger partial charge on any atom is -0.490 e. The maximum Gasteiger partial charge on any atom is 0.224 e. The summed E-state index contributed by atoms with van der Waals surface area (Å²) < 4.78 is 11.2. The Bertz CT molecular complexity index is 966. The van der Waals surface area contributed by atoms with Crippen LogP contribution in [-0.4, -0.2) is 17.2 Å². The summed E-state index contributed by atoms with van der Waals surface area (Å²) in [6, 6.07) is 15.1. The monoisotopic (exact) mass is 382 g/mol. The first-order valence-electron chi connectivity index (χ1n) is 8.83. The molecule has 6 heteroatoms. The lowest BCUT2D eigenvalue weighted by molar-refractivity contribution is -0.120. The number of hydrogen-bond acceptors (Lipinski definition) is 4. The third-order valence-corrected chi connectivity index (χ3v) is 4.74. The molecule has 138 valence electrons. The molecule has 4 rings (SSSR count). The van der Waals surface area contributed by atoms with E-state index in [2.05, 4.69) is 23.5 Å². The van der Waals surface area contributed by atoms with Crippen LogP contribution >= 0.6 is 11.6 Å². The van der Waals surface area contributed by atoms with E-state index in [-0.39, 0.29) is 12.0 Å². The van der Waals surface area contributed by atoms with Crippen LogP contribution in [0.25, 0.3) is 11.3 Å². The Balaban J connectivity index is 1.36. The van der Waals surface area contributed by atoms with Crippen molar-refractivity contribution in [2.24, 2.45) is 0 Å². The molecule has 1 amide bonds. The predicted octanol–water partition coefficient (Wildman–Crippen LogP) is 4.18. The summed E-state index contributed by atoms with van der Waals surface area (Å²) in [5.74, 6) is 1.53. The number of benzene rings is 2. The fourth-order valence-electron chi connectivity index (χ4n) is 3.15. The Hall–Kier alpha value is -2.79. The van der Waals surface area contributed by atoms with Gasteiger partial charge >= 0.3 is 0 Å². The van der Waals surface area contributed by atoms with Gasteiger partial charge in [0.1, 0.15) is 17.5 Å². The molecule has 2 aromatic carbocycles. The predicted molar refractivity (Wildman–Crippen MR) is 103 cm³/mol. The number of halogens is 1. The first-order chi connectivity index (χ1) is 13.1. The number of hydrogen-bond donors (Lipinski definition) is 1. The number of rotatable bonds is 5. The second-order valence-corrected chi connectivity index (χ2v) is 7.15. The molecule has 0 aliphatic carbocycles. The third kappa shape index (κ3) is 4.14. The Morgan fingerprint density at radius 1 is 1.22 bits per heavy atom. The highest BCUT2D eigenvalue weighted by Crippen LogP contribution is 2.33. The maximum atomic E-state index is 12.1. The second kappa shape index (κ2) is 7.45. The molecular formula is C21H19ClN2O3. The fourth-order valence-corrected chi connectivity index (χ4v) is 3.27. The molecule has 1 atom stereocenters. The van der Waals surface area contributed by atoms with Crippen molar-refractivity contribution in [1.82, 2.24) is 10.5 Å². The lowest BCUT2D eigenvalue weighted by Crippen LogP contribution is -2.24. The molecule has 1 aromatic heterocycles. The number of nitrogens with zero attached hydrogens (tertiary/aromatic N) is 1. The quantitative estimate of drug-likeness (QED) is 0.719. The molecule has 5 nitrogen and oxygen atoms in total. The molecule has 0 saturated heterocycles. The highest BCUT2D eigenvalue weighted by molar-refractivity contribution is 6.30. The smallest absolute Gasteiger partial charge is 0.224 e. The van der Waals surface area contributed by atoms with Gasteiger partial charge in [-0.2, -0.15) is 0 Å². The summed E-state index contributed by atoms with van der Waals surface area (Å²) in [6.45, 7) is 2.37. The molecule has 0 spiro atoms. The molecule has 1 unspecified atom stereocenters. The van der Waals surface area contributed by atoms with Gasteiger partial charge in [-0.3, -0.25) is 4.79 Å². The summed E-state index contributed by atoms with van der Waals surface area (Å²) in [5, 5.41) is 7.57. The van der Waals surface area contributed by atoms with Gasteiger partial charge in [-0.1, -0.05) is 28.9 Å². The van der Waals surface area contributed by atoms with Gasteiger partial charge < -0.3 is 14.6 Å². The first-order valence-corrected chi connectivity index (χ1v) is 9.21. The average Bonchev–Trinajstić information content (AvgIpc) is 3.26. The summed E-state index contributed by atoms with van der Waals surface area (Å²) in [6.07, 6.45) is 1.40. The Morgan fingerprint density at radius 3 is 2.85 bits per heavy atom. The lowest BCUT2D eigenvalue weighted by Gasteiger charge is -2.03. The van der Waals surface area contributed by atoms with Crippen LogP contribution < -0.4 is 10.1 Å². The Morgan fingerprint density at radius 2 is 2.04 bits per heavy atom. The van der Waals surface area contributed by atoms with E-state index >= 15 is 0 Å². The lowest BCUT2D eigenvalue weighted by atomic mass is 10.1. The number of carbonyl (C=O) groups excluding carboxylic acids is 1. The molecule has 1 N–H and O–H groups in total. The van der Waals surface area contributed by atoms with Crippen LogP contribution in [0.15, 0.2) is 53.1 Å². The number of ether oxygens (including phenoxy) is 1. The SMILES string of the molecule is CC1Cc2cc(-c3cc(CNC(=O)Cc4ccc(Cl)cc4)no3)ccc2O1. The zero-order chi connectivity index (χ0) is 18.8. The van der Waals surface area contributed by atoms with Crippen LogP contribution in [0.4, 0.5) is 0 Å². The van der Waals surface area contributed by atoms with E-state index in [0.717, 1.165) is 23.3 Å². The summed E-state index contributed by atoms with van der Waals surface area (Å²) in [7, 11) is 0. The van der Waals surface area contributed by atoms with Gasteiger partial charge in [0, 0.05) is 23.1 Å². The summed E-state index contributed by atoms with van der Waals surface area (Å²) >= 11 is 5.85. The average molecular weight is 383 g/mol. The van der Waals surface area contributed by atoms with E-state index in [1.165, 1.54) is 5.56 Å². The van der Waals surface area contributed by atoms with Crippen LogP contribution in [0.3, 0.4) is 0 Å². The first kappa shape index (κ1) is 17.6. The van der Waals surface area contributed by atoms with Gasteiger partial charge in [0.15, 0.2) is 5.76 Å². The molecule has 0 bridgehead atoms. The highest BCUT2D eigenvalue weighted by Gasteiger charge is 2.20. The minimum atomic E-state index is -0.0782. The van der Waals surface area contributed by atoms with E-state index in [1.54, 1.807) is 12.1 Å². The fraction of sp³-hybridized carbons (Fsp3) is 0.238. The van der Waals surface area contributed by atoms with Crippen molar-refractivity contribution >= 4 is 17.5 Å². The van der Waals surface area contributed by atoms with Gasteiger partial charge in [-0.15, -0.1) is 0 Å². The van der Waals surface area contributed by atoms with E-state index in [4.69, 9.17) is 20.9 Å². The van der Waals surface area contributed by atoms with Crippen molar-refractivity contribution in [2.45, 2.75) is 32.4 Å². The zero-order valence-electron chi connectivity index (χ0n) is 14.9. The van der Waals surface area contributed by atoms with E-state index in [1.807, 2.05) is 30.3 Å². The molecule has 0 radical (unpaired) electrons. The van der Waals surface area contributed by atoms with Crippen LogP contribution in [0.1, 0.15) is 23.7 Å². The van der Waals surface area contributed by atoms with E-state index < -0.39 is 0 Å². The van der Waals surface area contributed by atoms with E-state index in [9.17, 15) is 4.79 Å². The van der Waals surface area contributed by atoms with Crippen molar-refractivity contribution in [3.63, 3.8) is 0 Å². The van der Waals surface area contributed by atoms with Crippen molar-refractivity contribution < 1.29 is 14.1 Å². The summed E-state index contributed by atoms with van der Waals surface area (Å²) in [5.41, 5.74) is 3.72. The van der Waals surface area contributed by atoms with Crippen molar-refractivity contribution in [3.8, 4) is 17.1 Å². The van der Waals surface area contributed by atoms with Gasteiger partial charge in [0.05, 0.1) is 13.0 Å². The maximum absolute atomic E-state index is 12.1. The van der Waals surface area contributed by atoms with Crippen molar-refractivity contribution in [1.29, 1.82) is 0 Å². The number of carbonyl (C=O) groups is 1. The topological polar surface area (TPSA) is 64.4 Å². The number of nitrogens with one attached hydrogen (secondary N) is 1. The van der Waals surface area contributed by atoms with Crippen LogP contribution in [0, 0.1) is 0 Å². The molecule has 3 aromatic rings. The molecule has 0 saturated carbocycles. The van der Waals surface area contributed by atoms with Gasteiger partial charge in [-0.25, -0.2) is 0 Å². The normalized spacial score (nSPS) is 15.3. The van der Waals surface area contributed by atoms with Crippen LogP contribution in [-0.2, 0) is 24.2 Å². The Labute approximate surface area is 162 Å². The number of amides is 1. The number of aromatic nitrogens is 1. The molecular weight excluding hydrogens is 364 g/mol. The van der Waals surface area contributed by atoms with Crippen LogP contribution in [0.5, 0.6) is 5.75 Å². The third-order valence-electron chi connectivity index (χ3n) is 4.48. The Kier molecular flexibility index (Phi) is 4.86. The molecule has 1 aliphatic rings. The minimum absolute atomic E-state index is 0.0782. The molecule has 1 aliphatic heterocycles. The van der Waals surface area contributed by atoms with Crippen molar-refractivity contribution in [2.75, 3.05) is 0 Å². The molecule has 27 heavy (non-hydrogen) atoms. The standard InChI is InChI=1S/C21H19ClN2O3/c1-13-8-16-10-15(4-7-19(16)26-13)20-11-18(24-27-20)12-23-21(25)9-14-2-5-17(22)6-3-14/h2-7,10-11,13H,8-9,12H2,1H3,(H,23,25). The van der Waals surface area contributed by atoms with Gasteiger partial charge in [0.25, 0.3) is 0 Å². The van der Waals surface area contributed by atoms with Gasteiger partial charge in [0.2, 0.25) is 5.91 Å². The summed E-state index contributed by atoms with van der Waals surface area (Å²) in [4.78, 5) is 12.1. The second-order valence-electron chi connectivity index (χ2n) is 6.72. The van der Waals surface area contributed by atoms with Crippen molar-refractivity contribution in [3.05, 3.63) is 70.4 Å². The largest absolute Gasteiger partial charge is 0.490 e. The molecule has 0 fully saturated rings. The van der Waals surface area contributed by atoms with Gasteiger partial charge in [-0.05, 0) is 48.4 Å². The molecule has 2 heterocycles.